The topological polar surface area (TPSA) is 94.0 Å². The molecule has 9 heteroatoms. The zero-order valence-corrected chi connectivity index (χ0v) is 20.1. The lowest BCUT2D eigenvalue weighted by Crippen LogP contribution is -2.15. The maximum atomic E-state index is 12.8. The molecule has 0 unspecified atom stereocenters. The minimum Gasteiger partial charge on any atom is -0.306 e. The van der Waals surface area contributed by atoms with Gasteiger partial charge >= 0.3 is 0 Å². The number of aromatic nitrogens is 3. The van der Waals surface area contributed by atoms with Gasteiger partial charge < -0.3 is 5.32 Å². The molecule has 0 atom stereocenters. The molecule has 32 heavy (non-hydrogen) atoms. The predicted octanol–water partition coefficient (Wildman–Crippen LogP) is 4.74. The van der Waals surface area contributed by atoms with Gasteiger partial charge in [-0.15, -0.1) is 0 Å². The number of benzene rings is 2. The third-order valence-corrected chi connectivity index (χ3v) is 7.13. The lowest BCUT2D eigenvalue weighted by Gasteiger charge is -2.18. The zero-order chi connectivity index (χ0) is 23.3. The quantitative estimate of drug-likeness (QED) is 0.467. The Kier molecular flexibility index (Phi) is 5.42. The number of hydrogen-bond donors (Lipinski definition) is 1. The van der Waals surface area contributed by atoms with Crippen LogP contribution in [0.3, 0.4) is 0 Å². The maximum absolute atomic E-state index is 12.8. The molecule has 1 amide bonds. The number of nitrogens with one attached hydrogen (secondary N) is 1. The summed E-state index contributed by atoms with van der Waals surface area (Å²) in [6, 6.07) is 13.9. The first-order chi connectivity index (χ1) is 14.9. The van der Waals surface area contributed by atoms with Gasteiger partial charge in [0.25, 0.3) is 5.91 Å². The average Bonchev–Trinajstić information content (AvgIpc) is 3.29. The van der Waals surface area contributed by atoms with Crippen molar-refractivity contribution in [2.75, 3.05) is 11.6 Å². The van der Waals surface area contributed by atoms with E-state index in [1.807, 2.05) is 13.0 Å². The van der Waals surface area contributed by atoms with Gasteiger partial charge in [0.05, 0.1) is 20.8 Å². The lowest BCUT2D eigenvalue weighted by atomic mass is 9.87. The predicted molar refractivity (Wildman–Crippen MR) is 128 cm³/mol. The first-order valence-electron chi connectivity index (χ1n) is 10.0. The van der Waals surface area contributed by atoms with E-state index in [1.54, 1.807) is 22.9 Å². The molecule has 4 rings (SSSR count). The van der Waals surface area contributed by atoms with Crippen LogP contribution in [0.5, 0.6) is 0 Å². The molecule has 166 valence electrons. The van der Waals surface area contributed by atoms with E-state index in [0.29, 0.717) is 10.9 Å². The molecule has 0 aliphatic carbocycles. The smallest absolute Gasteiger partial charge is 0.256 e. The highest BCUT2D eigenvalue weighted by Crippen LogP contribution is 2.31. The molecule has 0 radical (unpaired) electrons. The molecule has 0 fully saturated rings. The minimum absolute atomic E-state index is 0.0280. The van der Waals surface area contributed by atoms with Gasteiger partial charge in [0.2, 0.25) is 5.13 Å². The summed E-state index contributed by atoms with van der Waals surface area (Å²) in [5.41, 5.74) is 3.08. The average molecular weight is 469 g/mol. The SMILES string of the molecule is Cc1cc(NC(=O)c2cccc(S(C)(=O)=O)c2)n(-c2nc3ccc(C(C)(C)C)cc3s2)n1. The fourth-order valence-electron chi connectivity index (χ4n) is 3.26. The van der Waals surface area contributed by atoms with Crippen molar-refractivity contribution in [1.82, 2.24) is 14.8 Å². The summed E-state index contributed by atoms with van der Waals surface area (Å²) in [6.45, 7) is 8.33. The highest BCUT2D eigenvalue weighted by molar-refractivity contribution is 7.90. The highest BCUT2D eigenvalue weighted by Gasteiger charge is 2.19. The minimum atomic E-state index is -3.41. The Balaban J connectivity index is 1.69. The number of rotatable bonds is 4. The van der Waals surface area contributed by atoms with Crippen LogP contribution >= 0.6 is 11.3 Å². The number of aryl methyl sites for hydroxylation is 1. The molecule has 0 saturated heterocycles. The van der Waals surface area contributed by atoms with E-state index in [-0.39, 0.29) is 15.9 Å². The van der Waals surface area contributed by atoms with Crippen LogP contribution in [-0.4, -0.2) is 35.3 Å². The van der Waals surface area contributed by atoms with E-state index in [4.69, 9.17) is 4.98 Å². The number of hydrogen-bond acceptors (Lipinski definition) is 6. The molecular weight excluding hydrogens is 444 g/mol. The fraction of sp³-hybridized carbons (Fsp3) is 0.261. The summed E-state index contributed by atoms with van der Waals surface area (Å²) >= 11 is 1.50. The number of fused-ring (bicyclic) bond motifs is 1. The number of amides is 1. The molecule has 2 aromatic heterocycles. The Morgan fingerprint density at radius 1 is 1.09 bits per heavy atom. The molecule has 0 saturated carbocycles. The van der Waals surface area contributed by atoms with Crippen LogP contribution in [0.15, 0.2) is 53.4 Å². The summed E-state index contributed by atoms with van der Waals surface area (Å²) in [5.74, 6) is 0.0418. The second kappa shape index (κ2) is 7.83. The number of nitrogens with zero attached hydrogens (tertiary/aromatic N) is 3. The summed E-state index contributed by atoms with van der Waals surface area (Å²) < 4.78 is 26.3. The molecule has 2 heterocycles. The molecule has 7 nitrogen and oxygen atoms in total. The monoisotopic (exact) mass is 468 g/mol. The fourth-order valence-corrected chi connectivity index (χ4v) is 4.90. The van der Waals surface area contributed by atoms with Crippen LogP contribution in [-0.2, 0) is 15.3 Å². The van der Waals surface area contributed by atoms with Crippen molar-refractivity contribution in [2.45, 2.75) is 38.0 Å². The van der Waals surface area contributed by atoms with Gasteiger partial charge in [0.15, 0.2) is 9.84 Å². The van der Waals surface area contributed by atoms with E-state index in [2.05, 4.69) is 43.3 Å². The van der Waals surface area contributed by atoms with E-state index in [1.165, 1.54) is 29.0 Å². The van der Waals surface area contributed by atoms with Crippen LogP contribution in [0.4, 0.5) is 5.82 Å². The van der Waals surface area contributed by atoms with Gasteiger partial charge in [-0.1, -0.05) is 44.2 Å². The van der Waals surface area contributed by atoms with Crippen molar-refractivity contribution in [3.05, 3.63) is 65.4 Å². The third kappa shape index (κ3) is 4.44. The van der Waals surface area contributed by atoms with Gasteiger partial charge in [0, 0.05) is 17.9 Å². The van der Waals surface area contributed by atoms with Gasteiger partial charge in [-0.3, -0.25) is 4.79 Å². The summed E-state index contributed by atoms with van der Waals surface area (Å²) in [7, 11) is -3.41. The lowest BCUT2D eigenvalue weighted by molar-refractivity contribution is 0.102. The molecule has 0 aliphatic heterocycles. The molecule has 1 N–H and O–H groups in total. The van der Waals surface area contributed by atoms with E-state index < -0.39 is 15.7 Å². The third-order valence-electron chi connectivity index (χ3n) is 5.02. The molecular formula is C23H24N4O3S2. The Bertz CT molecular complexity index is 1440. The van der Waals surface area contributed by atoms with Crippen molar-refractivity contribution >= 4 is 43.1 Å². The van der Waals surface area contributed by atoms with Crippen molar-refractivity contribution in [2.24, 2.45) is 0 Å². The second-order valence-electron chi connectivity index (χ2n) is 8.77. The first kappa shape index (κ1) is 22.2. The number of sulfone groups is 1. The highest BCUT2D eigenvalue weighted by atomic mass is 32.2. The van der Waals surface area contributed by atoms with Gasteiger partial charge in [-0.2, -0.15) is 9.78 Å². The largest absolute Gasteiger partial charge is 0.306 e. The van der Waals surface area contributed by atoms with E-state index in [9.17, 15) is 13.2 Å². The second-order valence-corrected chi connectivity index (χ2v) is 11.8. The number of carbonyl (C=O) groups is 1. The summed E-state index contributed by atoms with van der Waals surface area (Å²) in [5, 5.41) is 7.98. The van der Waals surface area contributed by atoms with Crippen LogP contribution in [0.1, 0.15) is 42.4 Å². The molecule has 0 bridgehead atoms. The Hall–Kier alpha value is -3.04. The normalized spacial score (nSPS) is 12.3. The number of carbonyl (C=O) groups excluding carboxylic acids is 1. The van der Waals surface area contributed by atoms with Crippen LogP contribution in [0.2, 0.25) is 0 Å². The van der Waals surface area contributed by atoms with Gasteiger partial charge in [0.1, 0.15) is 5.82 Å². The number of thiazole rings is 1. The van der Waals surface area contributed by atoms with Crippen molar-refractivity contribution in [3.8, 4) is 5.13 Å². The van der Waals surface area contributed by atoms with Crippen molar-refractivity contribution in [1.29, 1.82) is 0 Å². The van der Waals surface area contributed by atoms with Crippen LogP contribution < -0.4 is 5.32 Å². The summed E-state index contributed by atoms with van der Waals surface area (Å²) in [4.78, 5) is 17.6. The van der Waals surface area contributed by atoms with Crippen molar-refractivity contribution in [3.63, 3.8) is 0 Å². The summed E-state index contributed by atoms with van der Waals surface area (Å²) in [6.07, 6.45) is 1.11. The van der Waals surface area contributed by atoms with Crippen LogP contribution in [0, 0.1) is 6.92 Å². The zero-order valence-electron chi connectivity index (χ0n) is 18.5. The molecule has 2 aromatic carbocycles. The van der Waals surface area contributed by atoms with Crippen LogP contribution in [0.25, 0.3) is 15.3 Å². The molecule has 0 spiro atoms. The van der Waals surface area contributed by atoms with E-state index in [0.717, 1.165) is 22.2 Å². The molecule has 0 aliphatic rings. The van der Waals surface area contributed by atoms with Gasteiger partial charge in [-0.25, -0.2) is 13.4 Å². The first-order valence-corrected chi connectivity index (χ1v) is 12.7. The van der Waals surface area contributed by atoms with Gasteiger partial charge in [-0.05, 0) is 48.2 Å². The molecule has 4 aromatic rings. The Labute approximate surface area is 191 Å². The standard InChI is InChI=1S/C23H24N4O3S2/c1-14-11-20(25-21(28)15-7-6-8-17(12-15)32(5,29)30)27(26-14)22-24-18-10-9-16(23(2,3)4)13-19(18)31-22/h6-13H,1-5H3,(H,25,28). The Morgan fingerprint density at radius 2 is 1.84 bits per heavy atom. The maximum Gasteiger partial charge on any atom is 0.256 e. The van der Waals surface area contributed by atoms with Crippen molar-refractivity contribution < 1.29 is 13.2 Å². The number of anilines is 1. The van der Waals surface area contributed by atoms with E-state index >= 15 is 0 Å². The Morgan fingerprint density at radius 3 is 2.53 bits per heavy atom.